The predicted octanol–water partition coefficient (Wildman–Crippen LogP) is 3.31. The second kappa shape index (κ2) is 11.0. The number of hydrogen-bond donors (Lipinski definition) is 2. The van der Waals surface area contributed by atoms with Gasteiger partial charge in [-0.15, -0.1) is 0 Å². The van der Waals surface area contributed by atoms with Crippen LogP contribution in [0, 0.1) is 0 Å². The maximum Gasteiger partial charge on any atom is 0.213 e. The van der Waals surface area contributed by atoms with Gasteiger partial charge in [0.15, 0.2) is 17.5 Å². The van der Waals surface area contributed by atoms with E-state index in [2.05, 4.69) is 27.5 Å². The van der Waals surface area contributed by atoms with Gasteiger partial charge in [-0.25, -0.2) is 4.98 Å². The summed E-state index contributed by atoms with van der Waals surface area (Å²) in [6, 6.07) is 11.7. The highest BCUT2D eigenvalue weighted by Crippen LogP contribution is 2.30. The number of aromatic nitrogens is 1. The molecule has 1 heterocycles. The van der Waals surface area contributed by atoms with E-state index in [1.807, 2.05) is 50.2 Å². The van der Waals surface area contributed by atoms with Crippen LogP contribution < -0.4 is 24.8 Å². The Labute approximate surface area is 167 Å². The molecule has 1 unspecified atom stereocenters. The smallest absolute Gasteiger partial charge is 0.213 e. The molecule has 0 aliphatic carbocycles. The number of methoxy groups -OCH3 is 1. The SMILES string of the molecule is CCOc1ccc(C(C)NC(=NC)NCc2cccc(OC)n2)cc1OCC. The van der Waals surface area contributed by atoms with E-state index in [4.69, 9.17) is 14.2 Å². The van der Waals surface area contributed by atoms with Crippen LogP contribution in [0.4, 0.5) is 0 Å². The highest BCUT2D eigenvalue weighted by Gasteiger charge is 2.12. The molecule has 2 rings (SSSR count). The van der Waals surface area contributed by atoms with Crippen molar-refractivity contribution in [1.82, 2.24) is 15.6 Å². The predicted molar refractivity (Wildman–Crippen MR) is 111 cm³/mol. The molecule has 1 aromatic heterocycles. The number of nitrogens with one attached hydrogen (secondary N) is 2. The van der Waals surface area contributed by atoms with Crippen LogP contribution >= 0.6 is 0 Å². The Morgan fingerprint density at radius 2 is 1.86 bits per heavy atom. The molecule has 0 amide bonds. The fourth-order valence-electron chi connectivity index (χ4n) is 2.66. The molecule has 0 saturated heterocycles. The van der Waals surface area contributed by atoms with Crippen LogP contribution in [0.25, 0.3) is 0 Å². The fourth-order valence-corrected chi connectivity index (χ4v) is 2.66. The number of rotatable bonds is 9. The Kier molecular flexibility index (Phi) is 8.39. The maximum absolute atomic E-state index is 5.72. The van der Waals surface area contributed by atoms with Crippen molar-refractivity contribution in [2.45, 2.75) is 33.4 Å². The zero-order valence-corrected chi connectivity index (χ0v) is 17.3. The summed E-state index contributed by atoms with van der Waals surface area (Å²) in [5, 5.41) is 6.66. The van der Waals surface area contributed by atoms with Gasteiger partial charge in [-0.05, 0) is 44.5 Å². The van der Waals surface area contributed by atoms with Gasteiger partial charge in [0.1, 0.15) is 0 Å². The number of hydrogen-bond acceptors (Lipinski definition) is 5. The summed E-state index contributed by atoms with van der Waals surface area (Å²) in [7, 11) is 3.35. The lowest BCUT2D eigenvalue weighted by molar-refractivity contribution is 0.287. The van der Waals surface area contributed by atoms with E-state index in [0.717, 1.165) is 22.8 Å². The fraction of sp³-hybridized carbons (Fsp3) is 0.429. The third kappa shape index (κ3) is 6.04. The highest BCUT2D eigenvalue weighted by atomic mass is 16.5. The lowest BCUT2D eigenvalue weighted by Gasteiger charge is -2.20. The summed E-state index contributed by atoms with van der Waals surface area (Å²) in [6.45, 7) is 7.71. The molecule has 28 heavy (non-hydrogen) atoms. The first-order chi connectivity index (χ1) is 13.6. The third-order valence-corrected chi connectivity index (χ3v) is 4.07. The summed E-state index contributed by atoms with van der Waals surface area (Å²) in [4.78, 5) is 8.69. The second-order valence-corrected chi connectivity index (χ2v) is 6.04. The van der Waals surface area contributed by atoms with Crippen molar-refractivity contribution in [2.24, 2.45) is 4.99 Å². The number of ether oxygens (including phenoxy) is 3. The first-order valence-electron chi connectivity index (χ1n) is 9.47. The molecular weight excluding hydrogens is 356 g/mol. The van der Waals surface area contributed by atoms with Crippen LogP contribution in [-0.2, 0) is 6.54 Å². The van der Waals surface area contributed by atoms with Crippen molar-refractivity contribution < 1.29 is 14.2 Å². The number of pyridine rings is 1. The van der Waals surface area contributed by atoms with E-state index in [9.17, 15) is 0 Å². The van der Waals surface area contributed by atoms with Crippen LogP contribution in [0.3, 0.4) is 0 Å². The van der Waals surface area contributed by atoms with Gasteiger partial charge in [-0.1, -0.05) is 12.1 Å². The summed E-state index contributed by atoms with van der Waals surface area (Å²) in [5.74, 6) is 2.78. The summed E-state index contributed by atoms with van der Waals surface area (Å²) < 4.78 is 16.5. The molecule has 0 bridgehead atoms. The zero-order chi connectivity index (χ0) is 20.4. The number of aliphatic imine (C=N–C) groups is 1. The molecule has 1 aromatic carbocycles. The Balaban J connectivity index is 2.02. The van der Waals surface area contributed by atoms with Crippen LogP contribution in [0.5, 0.6) is 17.4 Å². The molecule has 0 fully saturated rings. The first kappa shape index (κ1) is 21.3. The van der Waals surface area contributed by atoms with Crippen molar-refractivity contribution >= 4 is 5.96 Å². The minimum Gasteiger partial charge on any atom is -0.490 e. The van der Waals surface area contributed by atoms with Crippen LogP contribution in [0.15, 0.2) is 41.4 Å². The minimum absolute atomic E-state index is 0.0272. The van der Waals surface area contributed by atoms with Gasteiger partial charge in [0.05, 0.1) is 38.6 Å². The van der Waals surface area contributed by atoms with Gasteiger partial charge in [0.25, 0.3) is 0 Å². The number of nitrogens with zero attached hydrogens (tertiary/aromatic N) is 2. The van der Waals surface area contributed by atoms with Crippen molar-refractivity contribution in [3.63, 3.8) is 0 Å². The maximum atomic E-state index is 5.72. The summed E-state index contributed by atoms with van der Waals surface area (Å²) >= 11 is 0. The van der Waals surface area contributed by atoms with Gasteiger partial charge < -0.3 is 24.8 Å². The molecule has 7 nitrogen and oxygen atoms in total. The molecule has 0 aliphatic rings. The highest BCUT2D eigenvalue weighted by molar-refractivity contribution is 5.80. The van der Waals surface area contributed by atoms with Crippen LogP contribution in [0.2, 0.25) is 0 Å². The topological polar surface area (TPSA) is 77.0 Å². The minimum atomic E-state index is 0.0272. The van der Waals surface area contributed by atoms with E-state index in [1.165, 1.54) is 0 Å². The van der Waals surface area contributed by atoms with E-state index in [0.29, 0.717) is 31.6 Å². The Morgan fingerprint density at radius 1 is 1.11 bits per heavy atom. The van der Waals surface area contributed by atoms with Crippen molar-refractivity contribution in [1.29, 1.82) is 0 Å². The van der Waals surface area contributed by atoms with Gasteiger partial charge in [-0.2, -0.15) is 0 Å². The number of benzene rings is 1. The van der Waals surface area contributed by atoms with Gasteiger partial charge >= 0.3 is 0 Å². The molecule has 0 radical (unpaired) electrons. The zero-order valence-electron chi connectivity index (χ0n) is 17.3. The quantitative estimate of drug-likeness (QED) is 0.509. The van der Waals surface area contributed by atoms with Gasteiger partial charge in [0.2, 0.25) is 5.88 Å². The van der Waals surface area contributed by atoms with E-state index < -0.39 is 0 Å². The molecule has 0 spiro atoms. The average molecular weight is 386 g/mol. The van der Waals surface area contributed by atoms with Crippen LogP contribution in [-0.4, -0.2) is 38.3 Å². The Hall–Kier alpha value is -2.96. The van der Waals surface area contributed by atoms with E-state index in [1.54, 1.807) is 14.2 Å². The molecule has 1 atom stereocenters. The Bertz CT molecular complexity index is 780. The second-order valence-electron chi connectivity index (χ2n) is 6.04. The van der Waals surface area contributed by atoms with Crippen molar-refractivity contribution in [2.75, 3.05) is 27.4 Å². The molecule has 7 heteroatoms. The molecule has 0 aliphatic heterocycles. The molecule has 0 saturated carbocycles. The number of guanidine groups is 1. The summed E-state index contributed by atoms with van der Waals surface area (Å²) in [5.41, 5.74) is 1.95. The standard InChI is InChI=1S/C21H30N4O3/c1-6-27-18-12-11-16(13-19(18)28-7-2)15(3)24-21(22-4)23-14-17-9-8-10-20(25-17)26-5/h8-13,15H,6-7,14H2,1-5H3,(H2,22,23,24). The van der Waals surface area contributed by atoms with E-state index in [-0.39, 0.29) is 6.04 Å². The van der Waals surface area contributed by atoms with E-state index >= 15 is 0 Å². The lowest BCUT2D eigenvalue weighted by Crippen LogP contribution is -2.38. The monoisotopic (exact) mass is 386 g/mol. The molecule has 152 valence electrons. The van der Waals surface area contributed by atoms with Crippen molar-refractivity contribution in [3.8, 4) is 17.4 Å². The first-order valence-corrected chi connectivity index (χ1v) is 9.47. The lowest BCUT2D eigenvalue weighted by atomic mass is 10.1. The van der Waals surface area contributed by atoms with Gasteiger partial charge in [0, 0.05) is 13.1 Å². The van der Waals surface area contributed by atoms with Crippen molar-refractivity contribution in [3.05, 3.63) is 47.7 Å². The summed E-state index contributed by atoms with van der Waals surface area (Å²) in [6.07, 6.45) is 0. The average Bonchev–Trinajstić information content (AvgIpc) is 2.72. The third-order valence-electron chi connectivity index (χ3n) is 4.07. The van der Waals surface area contributed by atoms with Crippen LogP contribution in [0.1, 0.15) is 38.1 Å². The molecular formula is C21H30N4O3. The largest absolute Gasteiger partial charge is 0.490 e. The molecule has 2 aromatic rings. The van der Waals surface area contributed by atoms with Gasteiger partial charge in [-0.3, -0.25) is 4.99 Å². The molecule has 2 N–H and O–H groups in total. The normalized spacial score (nSPS) is 12.2. The Morgan fingerprint density at radius 3 is 2.54 bits per heavy atom.